The number of rotatable bonds is 25. The molecule has 2 aliphatic carbocycles. The molecular formula is C57H70FN9O13S. The van der Waals surface area contributed by atoms with Gasteiger partial charge in [0.15, 0.2) is 24.7 Å². The number of aliphatic hydroxyl groups is 1. The van der Waals surface area contributed by atoms with Gasteiger partial charge in [-0.1, -0.05) is 39.0 Å². The summed E-state index contributed by atoms with van der Waals surface area (Å²) in [6.45, 7) is 6.89. The standard InChI is InChI=1S/C57H70FN9O13S/c1-32-50(81-31-64-32)35-7-8-36(26-62-52(74)44-23-37(68)28-67(44)54(76)41(56(2,3)4)27-63-55(77)57(58)15-16-57)47(22-35)80-30-49(72)61-18-20-78-19-17-60-48(71)29-79-38-12-9-33-11-14-43(40(33)24-38)65-51(73)42(59)25-45(69)34-10-13-39(46(70)21-34)53(75)66(5)6/h7-10,12-13,21-22,24-25,31,37,41,43-44,68,70H,11,14-20,23,26-30,59H2,1-6H3,(H,60,71)(H,61,72)(H,62,74)(H,63,77)(H,65,73)/t37-,41?,43?,44+/m1/s1. The number of hydrogen-bond acceptors (Lipinski definition) is 16. The van der Waals surface area contributed by atoms with E-state index < -0.39 is 82.3 Å². The van der Waals surface area contributed by atoms with Crippen molar-refractivity contribution in [3.8, 4) is 27.7 Å². The average molecular weight is 1140 g/mol. The van der Waals surface area contributed by atoms with Crippen molar-refractivity contribution in [1.82, 2.24) is 41.4 Å². The van der Waals surface area contributed by atoms with Gasteiger partial charge in [-0.15, -0.1) is 11.3 Å². The van der Waals surface area contributed by atoms with Crippen molar-refractivity contribution in [3.63, 3.8) is 0 Å². The van der Waals surface area contributed by atoms with Crippen LogP contribution >= 0.6 is 11.3 Å². The van der Waals surface area contributed by atoms with Crippen LogP contribution < -0.4 is 41.8 Å². The molecule has 1 saturated heterocycles. The van der Waals surface area contributed by atoms with Crippen LogP contribution in [-0.4, -0.2) is 157 Å². The number of hydrogen-bond donors (Lipinski definition) is 8. The van der Waals surface area contributed by atoms with Gasteiger partial charge in [0.05, 0.1) is 52.9 Å². The van der Waals surface area contributed by atoms with Crippen LogP contribution in [0.25, 0.3) is 10.4 Å². The van der Waals surface area contributed by atoms with Gasteiger partial charge in [-0.2, -0.15) is 0 Å². The molecule has 24 heteroatoms. The average Bonchev–Trinajstić information content (AvgIpc) is 3.67. The lowest BCUT2D eigenvalue weighted by Gasteiger charge is -2.35. The molecule has 0 spiro atoms. The van der Waals surface area contributed by atoms with E-state index in [0.717, 1.165) is 39.4 Å². The number of likely N-dealkylation sites (tertiary alicyclic amines) is 1. The summed E-state index contributed by atoms with van der Waals surface area (Å²) in [7, 11) is 3.06. The van der Waals surface area contributed by atoms with Crippen LogP contribution in [0.2, 0.25) is 0 Å². The van der Waals surface area contributed by atoms with Crippen LogP contribution in [-0.2, 0) is 46.5 Å². The van der Waals surface area contributed by atoms with E-state index in [9.17, 15) is 53.0 Å². The Morgan fingerprint density at radius 3 is 2.28 bits per heavy atom. The van der Waals surface area contributed by atoms with Crippen molar-refractivity contribution in [2.24, 2.45) is 17.1 Å². The summed E-state index contributed by atoms with van der Waals surface area (Å²) in [4.78, 5) is 112. The van der Waals surface area contributed by atoms with Gasteiger partial charge in [-0.05, 0) is 91.1 Å². The monoisotopic (exact) mass is 1140 g/mol. The fourth-order valence-electron chi connectivity index (χ4n) is 9.30. The molecule has 0 radical (unpaired) electrons. The molecule has 1 aliphatic heterocycles. The maximum atomic E-state index is 14.4. The summed E-state index contributed by atoms with van der Waals surface area (Å²) < 4.78 is 31.8. The zero-order valence-electron chi connectivity index (χ0n) is 46.2. The number of amides is 7. The van der Waals surface area contributed by atoms with Gasteiger partial charge < -0.3 is 66.5 Å². The number of thiazole rings is 1. The molecule has 2 unspecified atom stereocenters. The lowest BCUT2D eigenvalue weighted by Crippen LogP contribution is -2.52. The third-order valence-electron chi connectivity index (χ3n) is 14.1. The van der Waals surface area contributed by atoms with Gasteiger partial charge in [0.25, 0.3) is 29.5 Å². The smallest absolute Gasteiger partial charge is 0.267 e. The summed E-state index contributed by atoms with van der Waals surface area (Å²) in [5.41, 5.74) is 8.66. The number of β-amino-alcohol motifs (C(OH)–C–C–N with tert-alkyl or cyclic N) is 1. The first-order valence-electron chi connectivity index (χ1n) is 26.6. The highest BCUT2D eigenvalue weighted by atomic mass is 32.1. The maximum Gasteiger partial charge on any atom is 0.267 e. The van der Waals surface area contributed by atoms with E-state index in [2.05, 4.69) is 31.6 Å². The number of aromatic hydroxyl groups is 1. The van der Waals surface area contributed by atoms with Gasteiger partial charge in [0.2, 0.25) is 11.8 Å². The molecule has 4 aromatic rings. The van der Waals surface area contributed by atoms with Crippen molar-refractivity contribution in [3.05, 3.63) is 105 Å². The molecule has 81 heavy (non-hydrogen) atoms. The topological polar surface area (TPSA) is 310 Å². The number of benzene rings is 3. The molecule has 1 aromatic heterocycles. The number of aromatic nitrogens is 1. The molecule has 2 fully saturated rings. The van der Waals surface area contributed by atoms with E-state index in [1.54, 1.807) is 29.8 Å². The van der Waals surface area contributed by atoms with Crippen molar-refractivity contribution < 1.29 is 67.2 Å². The number of nitrogens with two attached hydrogens (primary N) is 1. The third-order valence-corrected chi connectivity index (χ3v) is 15.1. The van der Waals surface area contributed by atoms with E-state index >= 15 is 0 Å². The van der Waals surface area contributed by atoms with E-state index in [1.165, 1.54) is 47.4 Å². The van der Waals surface area contributed by atoms with Crippen molar-refractivity contribution in [2.75, 3.05) is 66.7 Å². The summed E-state index contributed by atoms with van der Waals surface area (Å²) >= 11 is 1.43. The number of phenolic OH excluding ortho intramolecular Hbond substituents is 1. The highest BCUT2D eigenvalue weighted by molar-refractivity contribution is 7.13. The third kappa shape index (κ3) is 15.9. The maximum absolute atomic E-state index is 14.4. The second kappa shape index (κ2) is 26.5. The predicted molar refractivity (Wildman–Crippen MR) is 295 cm³/mol. The number of nitrogens with zero attached hydrogens (tertiary/aromatic N) is 3. The number of aryl methyl sites for hydroxylation is 2. The Hall–Kier alpha value is -7.96. The number of fused-ring (bicyclic) bond motifs is 1. The number of phenols is 1. The lowest BCUT2D eigenvalue weighted by atomic mass is 9.79. The second-order valence-electron chi connectivity index (χ2n) is 21.5. The van der Waals surface area contributed by atoms with Crippen LogP contribution in [0.5, 0.6) is 17.2 Å². The van der Waals surface area contributed by atoms with Gasteiger partial charge in [0, 0.05) is 70.4 Å². The van der Waals surface area contributed by atoms with Crippen molar-refractivity contribution in [2.45, 2.75) is 90.2 Å². The van der Waals surface area contributed by atoms with Crippen LogP contribution in [0.3, 0.4) is 0 Å². The molecule has 434 valence electrons. The zero-order valence-corrected chi connectivity index (χ0v) is 47.0. The Labute approximate surface area is 472 Å². The first-order valence-corrected chi connectivity index (χ1v) is 27.4. The van der Waals surface area contributed by atoms with Crippen LogP contribution in [0.1, 0.15) is 95.6 Å². The van der Waals surface area contributed by atoms with Gasteiger partial charge in [-0.3, -0.25) is 38.4 Å². The number of ether oxygens (including phenoxy) is 3. The Bertz CT molecular complexity index is 3060. The zero-order chi connectivity index (χ0) is 58.8. The minimum absolute atomic E-state index is 0.0128. The number of carbonyl (C=O) groups excluding carboxylic acids is 8. The summed E-state index contributed by atoms with van der Waals surface area (Å²) in [6, 6.07) is 13.0. The molecule has 3 aromatic carbocycles. The first kappa shape index (κ1) is 60.7. The summed E-state index contributed by atoms with van der Waals surface area (Å²) in [5.74, 6) is -4.85. The van der Waals surface area contributed by atoms with Crippen LogP contribution in [0, 0.1) is 18.3 Å². The Morgan fingerprint density at radius 1 is 0.938 bits per heavy atom. The quantitative estimate of drug-likeness (QED) is 0.0269. The molecule has 3 aliphatic rings. The van der Waals surface area contributed by atoms with Crippen LogP contribution in [0.15, 0.2) is 71.9 Å². The molecule has 4 atom stereocenters. The van der Waals surface area contributed by atoms with Crippen molar-refractivity contribution >= 4 is 58.5 Å². The molecular weight excluding hydrogens is 1070 g/mol. The number of carbonyl (C=O) groups is 8. The number of halogens is 1. The van der Waals surface area contributed by atoms with E-state index in [1.807, 2.05) is 39.8 Å². The number of aliphatic hydroxyl groups excluding tert-OH is 1. The van der Waals surface area contributed by atoms with Gasteiger partial charge in [0.1, 0.15) is 29.0 Å². The van der Waals surface area contributed by atoms with Gasteiger partial charge >= 0.3 is 0 Å². The number of nitrogens with one attached hydrogen (secondary N) is 5. The highest BCUT2D eigenvalue weighted by Gasteiger charge is 2.51. The second-order valence-corrected chi connectivity index (χ2v) is 22.4. The van der Waals surface area contributed by atoms with E-state index in [-0.39, 0.29) is 101 Å². The van der Waals surface area contributed by atoms with E-state index in [4.69, 9.17) is 19.9 Å². The Morgan fingerprint density at radius 2 is 1.64 bits per heavy atom. The SMILES string of the molecule is Cc1ncsc1-c1ccc(CNC(=O)[C@@H]2C[C@@H](O)CN2C(=O)C(CNC(=O)C2(F)CC2)C(C)(C)C)c(OCC(=O)NCCOCCNC(=O)COc2ccc3c(c2)C(NC(=O)C(N)=CC(=O)c2ccc(C(=O)N(C)C)c(O)c2)CC3)c1. The normalized spacial score (nSPS) is 17.5. The Balaban J connectivity index is 0.824. The molecule has 1 saturated carbocycles. The number of allylic oxidation sites excluding steroid dienone is 1. The molecule has 0 bridgehead atoms. The Kier molecular flexibility index (Phi) is 19.9. The highest BCUT2D eigenvalue weighted by Crippen LogP contribution is 2.40. The molecule has 22 nitrogen and oxygen atoms in total. The molecule has 2 heterocycles. The summed E-state index contributed by atoms with van der Waals surface area (Å²) in [5, 5.41) is 34.7. The number of alkyl halides is 1. The van der Waals surface area contributed by atoms with Crippen LogP contribution in [0.4, 0.5) is 4.39 Å². The minimum atomic E-state index is -1.92. The molecule has 9 N–H and O–H groups in total. The van der Waals surface area contributed by atoms with Crippen molar-refractivity contribution in [1.29, 1.82) is 0 Å². The predicted octanol–water partition coefficient (Wildman–Crippen LogP) is 2.92. The fourth-order valence-corrected chi connectivity index (χ4v) is 10.1. The largest absolute Gasteiger partial charge is 0.507 e. The molecule has 7 rings (SSSR count). The summed E-state index contributed by atoms with van der Waals surface area (Å²) in [6.07, 6.45) is 1.44. The first-order chi connectivity index (χ1) is 38.4. The van der Waals surface area contributed by atoms with E-state index in [0.29, 0.717) is 29.9 Å². The number of ketones is 1. The lowest BCUT2D eigenvalue weighted by molar-refractivity contribution is -0.145. The fraction of sp³-hybridized carbons (Fsp3) is 0.456. The van der Waals surface area contributed by atoms with Gasteiger partial charge in [-0.25, -0.2) is 9.37 Å². The minimum Gasteiger partial charge on any atom is -0.507 e. The molecule has 7 amide bonds.